The average Bonchev–Trinajstić information content (AvgIpc) is 3.30. The molecule has 0 bridgehead atoms. The molecule has 0 radical (unpaired) electrons. The van der Waals surface area contributed by atoms with Crippen molar-refractivity contribution >= 4 is 35.2 Å². The maximum Gasteiger partial charge on any atom is 0.409 e. The van der Waals surface area contributed by atoms with E-state index in [1.807, 2.05) is 67.6 Å². The lowest BCUT2D eigenvalue weighted by molar-refractivity contribution is -0.121. The fourth-order valence-electron chi connectivity index (χ4n) is 6.62. The van der Waals surface area contributed by atoms with Gasteiger partial charge in [-0.2, -0.15) is 0 Å². The van der Waals surface area contributed by atoms with Crippen LogP contribution in [0.15, 0.2) is 140 Å². The molecule has 330 valence electrons. The number of nitrogens with zero attached hydrogens (tertiary/aromatic N) is 5. The molecule has 2 aromatic carbocycles. The van der Waals surface area contributed by atoms with Gasteiger partial charge in [-0.1, -0.05) is 85.9 Å². The maximum atomic E-state index is 13.2. The van der Waals surface area contributed by atoms with Crippen molar-refractivity contribution in [3.8, 4) is 11.3 Å². The number of ether oxygens (including phenoxy) is 1. The summed E-state index contributed by atoms with van der Waals surface area (Å²) in [5.74, 6) is 0.192. The van der Waals surface area contributed by atoms with E-state index in [0.717, 1.165) is 73.0 Å². The number of nitrogens with one attached hydrogen (secondary N) is 3. The molecule has 12 nitrogen and oxygen atoms in total. The molecular formula is C51H62N8O4. The van der Waals surface area contributed by atoms with Crippen molar-refractivity contribution < 1.29 is 19.1 Å². The summed E-state index contributed by atoms with van der Waals surface area (Å²) < 4.78 is 5.44. The first-order chi connectivity index (χ1) is 30.9. The third kappa shape index (κ3) is 17.7. The minimum atomic E-state index is -0.363. The van der Waals surface area contributed by atoms with Crippen molar-refractivity contribution in [2.24, 2.45) is 0 Å². The van der Waals surface area contributed by atoms with Crippen molar-refractivity contribution in [1.29, 1.82) is 0 Å². The zero-order chi connectivity index (χ0) is 44.3. The van der Waals surface area contributed by atoms with E-state index < -0.39 is 0 Å². The Morgan fingerprint density at radius 1 is 0.794 bits per heavy atom. The van der Waals surface area contributed by atoms with Crippen molar-refractivity contribution in [2.45, 2.75) is 71.8 Å². The smallest absolute Gasteiger partial charge is 0.409 e. The molecule has 4 aromatic rings. The number of hydrogen-bond acceptors (Lipinski definition) is 9. The van der Waals surface area contributed by atoms with Crippen LogP contribution in [0.1, 0.15) is 79.8 Å². The number of aromatic nitrogens is 3. The van der Waals surface area contributed by atoms with Gasteiger partial charge in [0.05, 0.1) is 12.2 Å². The predicted molar refractivity (Wildman–Crippen MR) is 254 cm³/mol. The normalized spacial score (nSPS) is 13.5. The molecular weight excluding hydrogens is 789 g/mol. The number of rotatable bonds is 23. The van der Waals surface area contributed by atoms with Crippen LogP contribution in [0.4, 0.5) is 22.1 Å². The van der Waals surface area contributed by atoms with E-state index in [0.29, 0.717) is 62.9 Å². The molecule has 12 heteroatoms. The summed E-state index contributed by atoms with van der Waals surface area (Å²) in [5.41, 5.74) is 5.67. The van der Waals surface area contributed by atoms with Gasteiger partial charge >= 0.3 is 6.09 Å². The van der Waals surface area contributed by atoms with Crippen LogP contribution in [-0.2, 0) is 16.1 Å². The fraction of sp³-hybridized carbons (Fsp3) is 0.333. The van der Waals surface area contributed by atoms with E-state index in [1.165, 1.54) is 0 Å². The van der Waals surface area contributed by atoms with Crippen LogP contribution < -0.4 is 16.0 Å². The largest absolute Gasteiger partial charge is 0.448 e. The minimum Gasteiger partial charge on any atom is -0.448 e. The molecule has 3 heterocycles. The molecule has 1 aliphatic rings. The molecule has 1 saturated heterocycles. The van der Waals surface area contributed by atoms with Crippen LogP contribution in [0, 0.1) is 6.92 Å². The number of aryl methyl sites for hydroxylation is 1. The lowest BCUT2D eigenvalue weighted by Gasteiger charge is -2.34. The summed E-state index contributed by atoms with van der Waals surface area (Å²) in [6, 6.07) is 18.9. The van der Waals surface area contributed by atoms with Crippen molar-refractivity contribution in [3.05, 3.63) is 157 Å². The molecule has 0 saturated carbocycles. The number of carbonyl (C=O) groups is 3. The number of unbranched alkanes of at least 4 members (excludes halogenated alkanes) is 1. The second-order valence-electron chi connectivity index (χ2n) is 15.1. The minimum absolute atomic E-state index is 0.0369. The molecule has 3 amide bonds. The predicted octanol–water partition coefficient (Wildman–Crippen LogP) is 10.1. The summed E-state index contributed by atoms with van der Waals surface area (Å²) in [7, 11) is 0. The van der Waals surface area contributed by atoms with Gasteiger partial charge < -0.3 is 25.6 Å². The van der Waals surface area contributed by atoms with Gasteiger partial charge in [0.2, 0.25) is 11.9 Å². The first kappa shape index (κ1) is 47.4. The van der Waals surface area contributed by atoms with Gasteiger partial charge in [-0.25, -0.2) is 14.8 Å². The number of amides is 3. The Bertz CT molecular complexity index is 2170. The van der Waals surface area contributed by atoms with Crippen LogP contribution in [0.3, 0.4) is 0 Å². The average molecular weight is 851 g/mol. The lowest BCUT2D eigenvalue weighted by atomic mass is 10.1. The van der Waals surface area contributed by atoms with Crippen molar-refractivity contribution in [3.63, 3.8) is 0 Å². The first-order valence-corrected chi connectivity index (χ1v) is 22.0. The standard InChI is InChI=1S/C51H62N8O4/c1-3-4-5-6-7-8-9-10-11-12-13-14-15-16-17-18-19-22-48(60)53-32-37-63-51(62)59-35-33-58(34-36-59)40-42-24-26-43(27-25-42)49(61)55-45-28-23-41(2)47(38-45)57-50-54-31-29-46(56-50)44-21-20-30-52-39-44/h4-5,7-8,10-11,13-14,16-17,20-21,23-31,38-39H,3,6,9,12,15,18-19,22,32-37,40H2,1-2H3,(H,53,60)(H,55,61)(H,54,56,57)/b5-4-,8-7-,11-10-,14-13-,17-16-. The van der Waals surface area contributed by atoms with Gasteiger partial charge in [-0.15, -0.1) is 0 Å². The van der Waals surface area contributed by atoms with Gasteiger partial charge in [-0.3, -0.25) is 19.5 Å². The second-order valence-corrected chi connectivity index (χ2v) is 15.1. The van der Waals surface area contributed by atoms with E-state index in [-0.39, 0.29) is 24.5 Å². The number of carbonyl (C=O) groups excluding carboxylic acids is 3. The van der Waals surface area contributed by atoms with Gasteiger partial charge in [0.15, 0.2) is 0 Å². The Morgan fingerprint density at radius 3 is 2.17 bits per heavy atom. The highest BCUT2D eigenvalue weighted by Gasteiger charge is 2.22. The number of allylic oxidation sites excluding steroid dienone is 10. The van der Waals surface area contributed by atoms with Crippen LogP contribution >= 0.6 is 0 Å². The van der Waals surface area contributed by atoms with Gasteiger partial charge in [-0.05, 0) is 105 Å². The van der Waals surface area contributed by atoms with Crippen molar-refractivity contribution in [1.82, 2.24) is 30.1 Å². The summed E-state index contributed by atoms with van der Waals surface area (Å²) in [4.78, 5) is 55.3. The number of hydrogen-bond donors (Lipinski definition) is 3. The quantitative estimate of drug-likeness (QED) is 0.0491. The Balaban J connectivity index is 0.909. The zero-order valence-electron chi connectivity index (χ0n) is 36.8. The Morgan fingerprint density at radius 2 is 1.49 bits per heavy atom. The highest BCUT2D eigenvalue weighted by Crippen LogP contribution is 2.25. The van der Waals surface area contributed by atoms with Crippen LogP contribution in [0.5, 0.6) is 0 Å². The molecule has 0 atom stereocenters. The van der Waals surface area contributed by atoms with Gasteiger partial charge in [0.25, 0.3) is 5.91 Å². The van der Waals surface area contributed by atoms with Crippen LogP contribution in [0.2, 0.25) is 0 Å². The molecule has 0 aliphatic carbocycles. The molecule has 1 fully saturated rings. The zero-order valence-corrected chi connectivity index (χ0v) is 36.8. The summed E-state index contributed by atoms with van der Waals surface area (Å²) in [5, 5.41) is 9.13. The monoisotopic (exact) mass is 850 g/mol. The number of pyridine rings is 1. The lowest BCUT2D eigenvalue weighted by Crippen LogP contribution is -2.48. The molecule has 2 aromatic heterocycles. The highest BCUT2D eigenvalue weighted by atomic mass is 16.6. The Labute approximate surface area is 373 Å². The van der Waals surface area contributed by atoms with Gasteiger partial charge in [0, 0.05) is 80.2 Å². The van der Waals surface area contributed by atoms with Crippen LogP contribution in [-0.4, -0.2) is 82.0 Å². The Hall–Kier alpha value is -6.66. The number of benzene rings is 2. The molecule has 63 heavy (non-hydrogen) atoms. The van der Waals surface area contributed by atoms with Gasteiger partial charge in [0.1, 0.15) is 6.61 Å². The van der Waals surface area contributed by atoms with E-state index >= 15 is 0 Å². The fourth-order valence-corrected chi connectivity index (χ4v) is 6.62. The molecule has 3 N–H and O–H groups in total. The van der Waals surface area contributed by atoms with E-state index in [9.17, 15) is 14.4 Å². The molecule has 0 unspecified atom stereocenters. The first-order valence-electron chi connectivity index (χ1n) is 22.0. The molecule has 5 rings (SSSR count). The van der Waals surface area contributed by atoms with E-state index in [2.05, 4.69) is 103 Å². The number of anilines is 3. The summed E-state index contributed by atoms with van der Waals surface area (Å²) in [6.07, 6.45) is 33.5. The Kier molecular flexibility index (Phi) is 20.6. The third-order valence-corrected chi connectivity index (χ3v) is 10.2. The molecule has 0 spiro atoms. The highest BCUT2D eigenvalue weighted by molar-refractivity contribution is 6.04. The topological polar surface area (TPSA) is 142 Å². The maximum absolute atomic E-state index is 13.2. The van der Waals surface area contributed by atoms with Crippen LogP contribution in [0.25, 0.3) is 11.3 Å². The summed E-state index contributed by atoms with van der Waals surface area (Å²) >= 11 is 0. The summed E-state index contributed by atoms with van der Waals surface area (Å²) in [6.45, 7) is 7.77. The van der Waals surface area contributed by atoms with Crippen molar-refractivity contribution in [2.75, 3.05) is 50.0 Å². The van der Waals surface area contributed by atoms with E-state index in [4.69, 9.17) is 4.74 Å². The SMILES string of the molecule is CC/C=C\C/C=C\C/C=C\C/C=C\C/C=C\CCCC(=O)NCCOC(=O)N1CCN(Cc2ccc(C(=O)Nc3ccc(C)c(Nc4nccc(-c5cccnc5)n4)c3)cc2)CC1. The second kappa shape index (κ2) is 27.3. The molecule has 1 aliphatic heterocycles. The number of piperazine rings is 1. The van der Waals surface area contributed by atoms with E-state index in [1.54, 1.807) is 23.5 Å². The third-order valence-electron chi connectivity index (χ3n) is 10.2.